The number of nitrogens with zero attached hydrogens (tertiary/aromatic N) is 3. The van der Waals surface area contributed by atoms with E-state index in [0.29, 0.717) is 11.8 Å². The van der Waals surface area contributed by atoms with Crippen LogP contribution in [-0.2, 0) is 4.79 Å². The fourth-order valence-corrected chi connectivity index (χ4v) is 2.59. The van der Waals surface area contributed by atoms with Gasteiger partial charge >= 0.3 is 0 Å². The van der Waals surface area contributed by atoms with Gasteiger partial charge in [-0.05, 0) is 32.9 Å². The second kappa shape index (κ2) is 7.12. The average Bonchev–Trinajstić information content (AvgIpc) is 2.74. The Kier molecular flexibility index (Phi) is 5.78. The van der Waals surface area contributed by atoms with Crippen molar-refractivity contribution in [2.24, 2.45) is 0 Å². The number of aromatic nitrogens is 3. The standard InChI is InChI=1S/C13H17N5OS.CH4/c1-7-5-6-11(20-7)8(2)14-12-15-9(3)16-13(18-12)17-10(4)19;/h5-6,8H,1-4H3,(H2,14,15,16,17,18,19);1H4. The molecule has 2 rings (SSSR count). The Bertz CT molecular complexity index is 626. The lowest BCUT2D eigenvalue weighted by atomic mass is 10.3. The molecule has 2 heterocycles. The van der Waals surface area contributed by atoms with Crippen molar-refractivity contribution < 1.29 is 4.79 Å². The molecule has 0 saturated carbocycles. The number of hydrogen-bond donors (Lipinski definition) is 2. The maximum atomic E-state index is 11.1. The molecule has 114 valence electrons. The maximum Gasteiger partial charge on any atom is 0.234 e. The van der Waals surface area contributed by atoms with Gasteiger partial charge in [0.15, 0.2) is 0 Å². The number of carbonyl (C=O) groups excluding carboxylic acids is 1. The van der Waals surface area contributed by atoms with Gasteiger partial charge in [0.1, 0.15) is 5.82 Å². The van der Waals surface area contributed by atoms with Gasteiger partial charge in [-0.15, -0.1) is 11.3 Å². The van der Waals surface area contributed by atoms with E-state index in [9.17, 15) is 4.79 Å². The summed E-state index contributed by atoms with van der Waals surface area (Å²) in [5.41, 5.74) is 0. The van der Waals surface area contributed by atoms with Crippen LogP contribution in [0.25, 0.3) is 0 Å². The summed E-state index contributed by atoms with van der Waals surface area (Å²) in [6.45, 7) is 7.30. The predicted octanol–water partition coefficient (Wildman–Crippen LogP) is 3.32. The predicted molar refractivity (Wildman–Crippen MR) is 86.7 cm³/mol. The number of anilines is 2. The number of thiophene rings is 1. The summed E-state index contributed by atoms with van der Waals surface area (Å²) in [5, 5.41) is 5.79. The van der Waals surface area contributed by atoms with Crippen LogP contribution in [0.5, 0.6) is 0 Å². The molecular formula is C14H21N5OS. The van der Waals surface area contributed by atoms with Gasteiger partial charge in [-0.3, -0.25) is 10.1 Å². The molecule has 0 spiro atoms. The Morgan fingerprint density at radius 3 is 2.43 bits per heavy atom. The maximum absolute atomic E-state index is 11.1. The summed E-state index contributed by atoms with van der Waals surface area (Å²) >= 11 is 1.73. The van der Waals surface area contributed by atoms with E-state index in [4.69, 9.17) is 0 Å². The van der Waals surface area contributed by atoms with Gasteiger partial charge in [0.05, 0.1) is 6.04 Å². The van der Waals surface area contributed by atoms with Crippen LogP contribution in [0.4, 0.5) is 11.9 Å². The lowest BCUT2D eigenvalue weighted by molar-refractivity contribution is -0.114. The Morgan fingerprint density at radius 1 is 1.19 bits per heavy atom. The summed E-state index contributed by atoms with van der Waals surface area (Å²) in [7, 11) is 0. The summed E-state index contributed by atoms with van der Waals surface area (Å²) in [6, 6.07) is 4.26. The minimum absolute atomic E-state index is 0. The summed E-state index contributed by atoms with van der Waals surface area (Å²) < 4.78 is 0. The molecule has 1 unspecified atom stereocenters. The number of carbonyl (C=O) groups is 1. The molecule has 0 aliphatic rings. The van der Waals surface area contributed by atoms with Crippen LogP contribution < -0.4 is 10.6 Å². The molecule has 21 heavy (non-hydrogen) atoms. The van der Waals surface area contributed by atoms with Gasteiger partial charge in [0, 0.05) is 16.7 Å². The van der Waals surface area contributed by atoms with Crippen molar-refractivity contribution >= 4 is 29.1 Å². The van der Waals surface area contributed by atoms with Crippen LogP contribution >= 0.6 is 11.3 Å². The zero-order valence-corrected chi connectivity index (χ0v) is 12.7. The first-order valence-electron chi connectivity index (χ1n) is 6.27. The molecule has 1 amide bonds. The van der Waals surface area contributed by atoms with Gasteiger partial charge in [-0.1, -0.05) is 7.43 Å². The third kappa shape index (κ3) is 4.78. The van der Waals surface area contributed by atoms with Crippen LogP contribution in [0.1, 0.15) is 42.9 Å². The van der Waals surface area contributed by atoms with Gasteiger partial charge in [0.2, 0.25) is 17.8 Å². The molecule has 2 aromatic heterocycles. The third-order valence-corrected chi connectivity index (χ3v) is 3.75. The van der Waals surface area contributed by atoms with Crippen molar-refractivity contribution in [2.75, 3.05) is 10.6 Å². The number of aryl methyl sites for hydroxylation is 2. The van der Waals surface area contributed by atoms with E-state index in [1.807, 2.05) is 6.92 Å². The Morgan fingerprint density at radius 2 is 1.86 bits per heavy atom. The highest BCUT2D eigenvalue weighted by atomic mass is 32.1. The highest BCUT2D eigenvalue weighted by molar-refractivity contribution is 7.12. The smallest absolute Gasteiger partial charge is 0.234 e. The Labute approximate surface area is 129 Å². The fourth-order valence-electron chi connectivity index (χ4n) is 1.71. The molecule has 0 aliphatic carbocycles. The monoisotopic (exact) mass is 307 g/mol. The molecule has 0 aliphatic heterocycles. The number of amides is 1. The number of rotatable bonds is 4. The summed E-state index contributed by atoms with van der Waals surface area (Å²) in [6.07, 6.45) is 0. The average molecular weight is 307 g/mol. The molecule has 0 fully saturated rings. The SMILES string of the molecule is C.CC(=O)Nc1nc(C)nc(NC(C)c2ccc(C)s2)n1. The highest BCUT2D eigenvalue weighted by Crippen LogP contribution is 2.24. The first kappa shape index (κ1) is 17.0. The molecule has 2 aromatic rings. The van der Waals surface area contributed by atoms with Crippen molar-refractivity contribution in [1.29, 1.82) is 0 Å². The molecule has 1 atom stereocenters. The van der Waals surface area contributed by atoms with Crippen molar-refractivity contribution in [3.63, 3.8) is 0 Å². The third-order valence-electron chi connectivity index (χ3n) is 2.57. The fraction of sp³-hybridized carbons (Fsp3) is 0.429. The molecule has 0 aromatic carbocycles. The van der Waals surface area contributed by atoms with E-state index in [1.165, 1.54) is 16.7 Å². The van der Waals surface area contributed by atoms with E-state index in [0.717, 1.165) is 0 Å². The first-order chi connectivity index (χ1) is 9.44. The van der Waals surface area contributed by atoms with Crippen LogP contribution in [0.2, 0.25) is 0 Å². The largest absolute Gasteiger partial charge is 0.347 e. The first-order valence-corrected chi connectivity index (χ1v) is 7.09. The second-order valence-corrected chi connectivity index (χ2v) is 5.84. The van der Waals surface area contributed by atoms with E-state index in [2.05, 4.69) is 44.6 Å². The zero-order valence-electron chi connectivity index (χ0n) is 11.9. The van der Waals surface area contributed by atoms with Crippen LogP contribution in [0.3, 0.4) is 0 Å². The van der Waals surface area contributed by atoms with Gasteiger partial charge in [-0.2, -0.15) is 15.0 Å². The summed E-state index contributed by atoms with van der Waals surface area (Å²) in [4.78, 5) is 26.0. The lowest BCUT2D eigenvalue weighted by Crippen LogP contribution is -2.14. The van der Waals surface area contributed by atoms with Gasteiger partial charge < -0.3 is 5.32 Å². The van der Waals surface area contributed by atoms with Gasteiger partial charge in [-0.25, -0.2) is 0 Å². The lowest BCUT2D eigenvalue weighted by Gasteiger charge is -2.13. The molecule has 7 heteroatoms. The van der Waals surface area contributed by atoms with Crippen molar-refractivity contribution in [3.05, 3.63) is 27.7 Å². The minimum Gasteiger partial charge on any atom is -0.347 e. The Hall–Kier alpha value is -2.02. The van der Waals surface area contributed by atoms with E-state index >= 15 is 0 Å². The van der Waals surface area contributed by atoms with E-state index in [-0.39, 0.29) is 25.3 Å². The van der Waals surface area contributed by atoms with E-state index < -0.39 is 0 Å². The minimum atomic E-state index is -0.205. The van der Waals surface area contributed by atoms with Crippen LogP contribution in [0, 0.1) is 13.8 Å². The quantitative estimate of drug-likeness (QED) is 0.905. The Balaban J connectivity index is 0.00000220. The topological polar surface area (TPSA) is 79.8 Å². The molecule has 0 radical (unpaired) electrons. The van der Waals surface area contributed by atoms with Crippen molar-refractivity contribution in [2.45, 2.75) is 41.2 Å². The van der Waals surface area contributed by atoms with Crippen molar-refractivity contribution in [1.82, 2.24) is 15.0 Å². The number of nitrogens with one attached hydrogen (secondary N) is 2. The molecule has 2 N–H and O–H groups in total. The summed E-state index contributed by atoms with van der Waals surface area (Å²) in [5.74, 6) is 1.08. The van der Waals surface area contributed by atoms with Gasteiger partial charge in [0.25, 0.3) is 0 Å². The number of hydrogen-bond acceptors (Lipinski definition) is 6. The highest BCUT2D eigenvalue weighted by Gasteiger charge is 2.11. The normalized spacial score (nSPS) is 11.4. The second-order valence-electron chi connectivity index (χ2n) is 4.53. The molecule has 0 saturated heterocycles. The van der Waals surface area contributed by atoms with Crippen LogP contribution in [-0.4, -0.2) is 20.9 Å². The zero-order chi connectivity index (χ0) is 14.7. The molecular weight excluding hydrogens is 286 g/mol. The van der Waals surface area contributed by atoms with Crippen molar-refractivity contribution in [3.8, 4) is 0 Å². The molecule has 0 bridgehead atoms. The van der Waals surface area contributed by atoms with E-state index in [1.54, 1.807) is 18.3 Å². The molecule has 6 nitrogen and oxygen atoms in total. The van der Waals surface area contributed by atoms with Crippen LogP contribution in [0.15, 0.2) is 12.1 Å².